The van der Waals surface area contributed by atoms with Gasteiger partial charge in [0.05, 0.1) is 13.7 Å². The second kappa shape index (κ2) is 4.69. The van der Waals surface area contributed by atoms with Crippen LogP contribution in [0.3, 0.4) is 0 Å². The zero-order chi connectivity index (χ0) is 11.4. The van der Waals surface area contributed by atoms with Crippen molar-refractivity contribution in [3.05, 3.63) is 42.0 Å². The van der Waals surface area contributed by atoms with Gasteiger partial charge in [-0.25, -0.2) is 0 Å². The molecule has 2 aromatic carbocycles. The lowest BCUT2D eigenvalue weighted by atomic mass is 10.1. The molecule has 0 aliphatic rings. The summed E-state index contributed by atoms with van der Waals surface area (Å²) in [4.78, 5) is 0. The molecule has 2 aromatic rings. The van der Waals surface area contributed by atoms with Crippen LogP contribution in [0, 0.1) is 11.8 Å². The number of benzene rings is 2. The molecular formula is C14H13NO. The monoisotopic (exact) mass is 211 g/mol. The molecule has 0 saturated heterocycles. The quantitative estimate of drug-likeness (QED) is 0.734. The Morgan fingerprint density at radius 3 is 2.62 bits per heavy atom. The third kappa shape index (κ3) is 2.16. The molecule has 0 aliphatic carbocycles. The van der Waals surface area contributed by atoms with E-state index in [0.29, 0.717) is 6.54 Å². The van der Waals surface area contributed by atoms with Crippen LogP contribution >= 0.6 is 0 Å². The fourth-order valence-electron chi connectivity index (χ4n) is 1.58. The second-order valence-electron chi connectivity index (χ2n) is 3.43. The van der Waals surface area contributed by atoms with Gasteiger partial charge in [-0.05, 0) is 35.0 Å². The van der Waals surface area contributed by atoms with Gasteiger partial charge in [0.15, 0.2) is 0 Å². The Morgan fingerprint density at radius 1 is 1.12 bits per heavy atom. The van der Waals surface area contributed by atoms with Gasteiger partial charge in [-0.3, -0.25) is 0 Å². The van der Waals surface area contributed by atoms with Crippen LogP contribution in [0.5, 0.6) is 5.75 Å². The van der Waals surface area contributed by atoms with E-state index in [0.717, 1.165) is 22.1 Å². The highest BCUT2D eigenvalue weighted by atomic mass is 16.5. The van der Waals surface area contributed by atoms with Gasteiger partial charge in [0.2, 0.25) is 0 Å². The SMILES string of the molecule is COc1ccc2cc(C#CCN)ccc2c1. The maximum absolute atomic E-state index is 5.34. The lowest BCUT2D eigenvalue weighted by molar-refractivity contribution is 0.415. The topological polar surface area (TPSA) is 35.2 Å². The summed E-state index contributed by atoms with van der Waals surface area (Å²) in [7, 11) is 1.67. The normalized spacial score (nSPS) is 9.62. The molecule has 0 spiro atoms. The lowest BCUT2D eigenvalue weighted by Gasteiger charge is -2.02. The largest absolute Gasteiger partial charge is 0.497 e. The first-order valence-corrected chi connectivity index (χ1v) is 5.10. The summed E-state index contributed by atoms with van der Waals surface area (Å²) in [5, 5.41) is 2.31. The lowest BCUT2D eigenvalue weighted by Crippen LogP contribution is -1.93. The van der Waals surface area contributed by atoms with E-state index in [1.807, 2.05) is 30.3 Å². The molecule has 2 rings (SSSR count). The summed E-state index contributed by atoms with van der Waals surface area (Å²) in [6.07, 6.45) is 0. The van der Waals surface area contributed by atoms with Gasteiger partial charge in [-0.15, -0.1) is 0 Å². The number of ether oxygens (including phenoxy) is 1. The van der Waals surface area contributed by atoms with Crippen LogP contribution in [0.1, 0.15) is 5.56 Å². The van der Waals surface area contributed by atoms with Crippen molar-refractivity contribution in [2.24, 2.45) is 5.73 Å². The van der Waals surface area contributed by atoms with Crippen LogP contribution in [0.25, 0.3) is 10.8 Å². The number of hydrogen-bond donors (Lipinski definition) is 1. The summed E-state index contributed by atoms with van der Waals surface area (Å²) in [5.74, 6) is 6.73. The van der Waals surface area contributed by atoms with Crippen molar-refractivity contribution >= 4 is 10.8 Å². The number of methoxy groups -OCH3 is 1. The Kier molecular flexibility index (Phi) is 3.09. The fraction of sp³-hybridized carbons (Fsp3) is 0.143. The van der Waals surface area contributed by atoms with Crippen molar-refractivity contribution in [2.75, 3.05) is 13.7 Å². The van der Waals surface area contributed by atoms with Gasteiger partial charge in [0, 0.05) is 5.56 Å². The minimum Gasteiger partial charge on any atom is -0.497 e. The Morgan fingerprint density at radius 2 is 1.88 bits per heavy atom. The van der Waals surface area contributed by atoms with Crippen LogP contribution in [0.2, 0.25) is 0 Å². The molecule has 2 heteroatoms. The van der Waals surface area contributed by atoms with E-state index in [2.05, 4.69) is 17.9 Å². The highest BCUT2D eigenvalue weighted by Gasteiger charge is 1.96. The maximum atomic E-state index is 5.34. The van der Waals surface area contributed by atoms with E-state index < -0.39 is 0 Å². The first-order chi connectivity index (χ1) is 7.83. The number of nitrogens with two attached hydrogens (primary N) is 1. The number of rotatable bonds is 1. The molecule has 0 saturated carbocycles. The molecular weight excluding hydrogens is 198 g/mol. The van der Waals surface area contributed by atoms with E-state index in [9.17, 15) is 0 Å². The third-order valence-electron chi connectivity index (χ3n) is 2.38. The predicted molar refractivity (Wildman–Crippen MR) is 66.4 cm³/mol. The molecule has 0 bridgehead atoms. The molecule has 16 heavy (non-hydrogen) atoms. The maximum Gasteiger partial charge on any atom is 0.119 e. The molecule has 0 amide bonds. The summed E-state index contributed by atoms with van der Waals surface area (Å²) in [6.45, 7) is 0.390. The van der Waals surface area contributed by atoms with Crippen molar-refractivity contribution in [3.63, 3.8) is 0 Å². The first-order valence-electron chi connectivity index (χ1n) is 5.10. The highest BCUT2D eigenvalue weighted by Crippen LogP contribution is 2.21. The van der Waals surface area contributed by atoms with E-state index in [-0.39, 0.29) is 0 Å². The molecule has 0 aliphatic heterocycles. The van der Waals surface area contributed by atoms with Gasteiger partial charge < -0.3 is 10.5 Å². The fourth-order valence-corrected chi connectivity index (χ4v) is 1.58. The average molecular weight is 211 g/mol. The third-order valence-corrected chi connectivity index (χ3v) is 2.38. The van der Waals surface area contributed by atoms with Crippen molar-refractivity contribution in [1.29, 1.82) is 0 Å². The second-order valence-corrected chi connectivity index (χ2v) is 3.43. The Bertz CT molecular complexity index is 564. The number of fused-ring (bicyclic) bond motifs is 1. The minimum atomic E-state index is 0.390. The van der Waals surface area contributed by atoms with Crippen LogP contribution in [-0.4, -0.2) is 13.7 Å². The summed E-state index contributed by atoms with van der Waals surface area (Å²) < 4.78 is 5.17. The predicted octanol–water partition coefficient (Wildman–Crippen LogP) is 2.16. The van der Waals surface area contributed by atoms with Crippen LogP contribution < -0.4 is 10.5 Å². The van der Waals surface area contributed by atoms with Crippen molar-refractivity contribution in [3.8, 4) is 17.6 Å². The smallest absolute Gasteiger partial charge is 0.119 e. The van der Waals surface area contributed by atoms with E-state index >= 15 is 0 Å². The Labute approximate surface area is 95.0 Å². The van der Waals surface area contributed by atoms with Gasteiger partial charge in [-0.1, -0.05) is 24.0 Å². The summed E-state index contributed by atoms with van der Waals surface area (Å²) >= 11 is 0. The van der Waals surface area contributed by atoms with Crippen molar-refractivity contribution in [2.45, 2.75) is 0 Å². The Hall–Kier alpha value is -1.98. The van der Waals surface area contributed by atoms with Crippen LogP contribution in [0.4, 0.5) is 0 Å². The zero-order valence-electron chi connectivity index (χ0n) is 9.16. The molecule has 0 aromatic heterocycles. The molecule has 0 fully saturated rings. The van der Waals surface area contributed by atoms with Gasteiger partial charge >= 0.3 is 0 Å². The zero-order valence-corrected chi connectivity index (χ0v) is 9.16. The van der Waals surface area contributed by atoms with E-state index in [4.69, 9.17) is 10.5 Å². The first kappa shape index (κ1) is 10.5. The standard InChI is InChI=1S/C14H13NO/c1-16-14-7-6-12-9-11(3-2-8-15)4-5-13(12)10-14/h4-7,9-10H,8,15H2,1H3. The van der Waals surface area contributed by atoms with Crippen LogP contribution in [-0.2, 0) is 0 Å². The van der Waals surface area contributed by atoms with Crippen LogP contribution in [0.15, 0.2) is 36.4 Å². The summed E-state index contributed by atoms with van der Waals surface area (Å²) in [6, 6.07) is 12.1. The molecule has 2 nitrogen and oxygen atoms in total. The minimum absolute atomic E-state index is 0.390. The molecule has 2 N–H and O–H groups in total. The van der Waals surface area contributed by atoms with Crippen molar-refractivity contribution < 1.29 is 4.74 Å². The van der Waals surface area contributed by atoms with E-state index in [1.165, 1.54) is 0 Å². The molecule has 0 unspecified atom stereocenters. The molecule has 0 heterocycles. The van der Waals surface area contributed by atoms with Gasteiger partial charge in [-0.2, -0.15) is 0 Å². The summed E-state index contributed by atoms with van der Waals surface area (Å²) in [5.41, 5.74) is 6.33. The van der Waals surface area contributed by atoms with E-state index in [1.54, 1.807) is 7.11 Å². The average Bonchev–Trinajstić information content (AvgIpc) is 2.35. The highest BCUT2D eigenvalue weighted by molar-refractivity contribution is 5.85. The molecule has 80 valence electrons. The number of hydrogen-bond acceptors (Lipinski definition) is 2. The molecule has 0 atom stereocenters. The van der Waals surface area contributed by atoms with Gasteiger partial charge in [0.25, 0.3) is 0 Å². The Balaban J connectivity index is 2.47. The van der Waals surface area contributed by atoms with Crippen molar-refractivity contribution in [1.82, 2.24) is 0 Å². The molecule has 0 radical (unpaired) electrons. The van der Waals surface area contributed by atoms with Gasteiger partial charge in [0.1, 0.15) is 5.75 Å².